The number of terminal acetylenes is 6. The number of carbonyl (C=O) groups excluding carboxylic acids is 7. The molecule has 1 spiro atoms. The van der Waals surface area contributed by atoms with Crippen molar-refractivity contribution in [2.75, 3.05) is 106 Å². The summed E-state index contributed by atoms with van der Waals surface area (Å²) < 4.78 is 18.7. The Kier molecular flexibility index (Phi) is 32.8. The van der Waals surface area contributed by atoms with Gasteiger partial charge in [-0.2, -0.15) is 5.10 Å². The van der Waals surface area contributed by atoms with Gasteiger partial charge in [0.1, 0.15) is 23.9 Å². The summed E-state index contributed by atoms with van der Waals surface area (Å²) in [4.78, 5) is 135. The van der Waals surface area contributed by atoms with Crippen molar-refractivity contribution in [2.45, 2.75) is 224 Å². The molecular formula is C118H128N16O13S. The first-order valence-corrected chi connectivity index (χ1v) is 51.8. The number of pyridine rings is 6. The van der Waals surface area contributed by atoms with E-state index in [-0.39, 0.29) is 95.6 Å². The topological polar surface area (TPSA) is 348 Å². The number of fused-ring (bicyclic) bond motifs is 6. The third-order valence-electron chi connectivity index (χ3n) is 31.3. The number of nitrogens with zero attached hydrogens (tertiary/aromatic N) is 16. The van der Waals surface area contributed by atoms with Crippen molar-refractivity contribution >= 4 is 86.0 Å². The molecule has 1 unspecified atom stereocenters. The van der Waals surface area contributed by atoms with E-state index < -0.39 is 11.7 Å². The minimum absolute atomic E-state index is 0.00722. The third kappa shape index (κ3) is 22.9. The smallest absolute Gasteiger partial charge is 0.181 e. The van der Waals surface area contributed by atoms with Crippen LogP contribution in [0.15, 0.2) is 144 Å². The van der Waals surface area contributed by atoms with E-state index in [1.807, 2.05) is 46.7 Å². The van der Waals surface area contributed by atoms with E-state index in [0.29, 0.717) is 87.5 Å². The summed E-state index contributed by atoms with van der Waals surface area (Å²) in [6.45, 7) is 23.3. The monoisotopic (exact) mass is 2010 g/mol. The van der Waals surface area contributed by atoms with E-state index in [1.165, 1.54) is 12.8 Å². The number of hydrogen-bond acceptors (Lipinski definition) is 29. The van der Waals surface area contributed by atoms with Gasteiger partial charge in [0.15, 0.2) is 40.5 Å². The number of hydrogen-bond donors (Lipinski definition) is 3. The molecule has 0 aromatic carbocycles. The van der Waals surface area contributed by atoms with Crippen molar-refractivity contribution in [2.24, 2.45) is 5.41 Å². The zero-order valence-corrected chi connectivity index (χ0v) is 86.9. The number of aryl methyl sites for hydroxylation is 1. The molecule has 7 fully saturated rings. The van der Waals surface area contributed by atoms with Gasteiger partial charge in [-0.15, -0.1) is 49.9 Å². The maximum absolute atomic E-state index is 12.6. The van der Waals surface area contributed by atoms with E-state index in [2.05, 4.69) is 144 Å². The molecule has 0 amide bonds. The number of likely N-dealkylation sites (tertiary alicyclic amines) is 6. The molecule has 8 aromatic heterocycles. The number of Topliss-reactive ketones (excluding diaryl/α,β-unsaturated/α-hetero) is 7. The largest absolute Gasteiger partial charge is 0.396 e. The Morgan fingerprint density at radius 2 is 0.865 bits per heavy atom. The molecule has 0 bridgehead atoms. The van der Waals surface area contributed by atoms with E-state index in [1.54, 1.807) is 116 Å². The van der Waals surface area contributed by atoms with Crippen LogP contribution >= 0.6 is 11.3 Å². The highest BCUT2D eigenvalue weighted by Gasteiger charge is 2.47. The number of carbonyl (C=O) groups is 7. The van der Waals surface area contributed by atoms with E-state index in [9.17, 15) is 43.8 Å². The van der Waals surface area contributed by atoms with Gasteiger partial charge in [0.05, 0.1) is 113 Å². The molecule has 30 heteroatoms. The quantitative estimate of drug-likeness (QED) is 0.0530. The van der Waals surface area contributed by atoms with Gasteiger partial charge in [-0.1, -0.05) is 42.4 Å². The van der Waals surface area contributed by atoms with Gasteiger partial charge < -0.3 is 58.9 Å². The molecule has 7 aliphatic carbocycles. The number of methoxy groups -OCH3 is 3. The zero-order chi connectivity index (χ0) is 105. The minimum Gasteiger partial charge on any atom is -0.396 e. The predicted octanol–water partition coefficient (Wildman–Crippen LogP) is 13.0. The summed E-state index contributed by atoms with van der Waals surface area (Å²) in [5.74, 6) is 15.9. The van der Waals surface area contributed by atoms with Crippen LogP contribution in [0.3, 0.4) is 0 Å². The van der Waals surface area contributed by atoms with Gasteiger partial charge in [-0.25, -0.2) is 14.6 Å². The highest BCUT2D eigenvalue weighted by Crippen LogP contribution is 2.55. The van der Waals surface area contributed by atoms with Gasteiger partial charge in [0, 0.05) is 258 Å². The first-order valence-electron chi connectivity index (χ1n) is 50.9. The highest BCUT2D eigenvalue weighted by molar-refractivity contribution is 7.09. The van der Waals surface area contributed by atoms with Crippen LogP contribution in [0.2, 0.25) is 0 Å². The van der Waals surface area contributed by atoms with Crippen LogP contribution in [0.1, 0.15) is 256 Å². The van der Waals surface area contributed by atoms with E-state index in [4.69, 9.17) is 57.9 Å². The normalized spacial score (nSPS) is 20.4. The summed E-state index contributed by atoms with van der Waals surface area (Å²) in [7, 11) is 5.24. The van der Waals surface area contributed by atoms with Gasteiger partial charge in [0.25, 0.3) is 0 Å². The van der Waals surface area contributed by atoms with E-state index >= 15 is 0 Å². The molecule has 14 heterocycles. The number of ether oxygens (including phenoxy) is 3. The molecule has 6 saturated heterocycles. The van der Waals surface area contributed by atoms with Crippen molar-refractivity contribution in [1.29, 1.82) is 0 Å². The van der Waals surface area contributed by atoms with Crippen molar-refractivity contribution in [3.63, 3.8) is 0 Å². The average Bonchev–Trinajstić information content (AvgIpc) is 1.67. The summed E-state index contributed by atoms with van der Waals surface area (Å²) in [6, 6.07) is 11.8. The van der Waals surface area contributed by atoms with Gasteiger partial charge in [-0.05, 0) is 207 Å². The SMILES string of the molecule is C#CC1=C(N2CCC(C)(OC)CC2)c2cc(C(C)(C)O)ncc2CC1=O.C#CC1=C(N2CCC(C)(OC)CC2)c2cc(C(C)O)ncc2CC1=O.C#CC1=C(N2CCC(C)(OC)CC2)c2cc(CC)ncc2CC1=O.C#CC1=C(N2CCC3(CC2)CC3)c2cc(C(=O)CCCO)ncc2CC1=O.C#CC1=C(N2CC[C@H](c3nccs3)C2)c2ccncc2CC1=O.C#CC1=C(N2CC[C@H](n3cncn3)C2)c2ccncc2CC1=O. The molecule has 8 aromatic rings. The fourth-order valence-corrected chi connectivity index (χ4v) is 22.4. The second-order valence-electron chi connectivity index (χ2n) is 41.2. The van der Waals surface area contributed by atoms with Gasteiger partial charge >= 0.3 is 0 Å². The van der Waals surface area contributed by atoms with Gasteiger partial charge in [-0.3, -0.25) is 63.5 Å². The lowest BCUT2D eigenvalue weighted by atomic mass is 9.85. The van der Waals surface area contributed by atoms with Crippen molar-refractivity contribution in [3.8, 4) is 74.1 Å². The Morgan fingerprint density at radius 3 is 1.26 bits per heavy atom. The second-order valence-corrected chi connectivity index (χ2v) is 42.2. The van der Waals surface area contributed by atoms with E-state index in [0.717, 1.165) is 261 Å². The van der Waals surface area contributed by atoms with Crippen molar-refractivity contribution in [1.82, 2.24) is 79.1 Å². The average molecular weight is 2010 g/mol. The van der Waals surface area contributed by atoms with Crippen molar-refractivity contribution < 1.29 is 63.1 Å². The second kappa shape index (κ2) is 45.6. The molecule has 13 aliphatic rings. The molecule has 148 heavy (non-hydrogen) atoms. The number of allylic oxidation sites excluding steroid dienone is 6. The number of rotatable bonds is 18. The summed E-state index contributed by atoms with van der Waals surface area (Å²) in [6.07, 6.45) is 67.9. The van der Waals surface area contributed by atoms with Gasteiger partial charge in [0.2, 0.25) is 0 Å². The molecule has 29 nitrogen and oxygen atoms in total. The number of thiazole rings is 1. The molecule has 21 rings (SSSR count). The number of aromatic nitrogens is 10. The minimum atomic E-state index is -1.06. The number of ketones is 7. The lowest BCUT2D eigenvalue weighted by Crippen LogP contribution is -2.44. The Bertz CT molecular complexity index is 6830. The van der Waals surface area contributed by atoms with Crippen LogP contribution in [-0.4, -0.2) is 258 Å². The Morgan fingerprint density at radius 1 is 0.473 bits per heavy atom. The Balaban J connectivity index is 0.000000127. The maximum Gasteiger partial charge on any atom is 0.181 e. The Labute approximate surface area is 870 Å². The number of piperidine rings is 4. The van der Waals surface area contributed by atoms with Crippen LogP contribution in [0.25, 0.3) is 34.2 Å². The maximum atomic E-state index is 12.6. The zero-order valence-electron chi connectivity index (χ0n) is 86.1. The molecule has 0 radical (unpaired) electrons. The fourth-order valence-electron chi connectivity index (χ4n) is 21.6. The van der Waals surface area contributed by atoms with Crippen LogP contribution in [0, 0.1) is 79.5 Å². The molecular weight excluding hydrogens is 1880 g/mol. The summed E-state index contributed by atoms with van der Waals surface area (Å²) in [5.41, 5.74) is 20.8. The number of aliphatic hydroxyl groups excluding tert-OH is 2. The number of aliphatic hydroxyl groups is 3. The summed E-state index contributed by atoms with van der Waals surface area (Å²) in [5, 5.41) is 36.6. The first kappa shape index (κ1) is 106. The highest BCUT2D eigenvalue weighted by atomic mass is 32.1. The molecule has 6 aliphatic heterocycles. The van der Waals surface area contributed by atoms with Crippen LogP contribution in [0.5, 0.6) is 0 Å². The first-order chi connectivity index (χ1) is 71.2. The molecule has 3 atom stereocenters. The third-order valence-corrected chi connectivity index (χ3v) is 32.2. The van der Waals surface area contributed by atoms with Crippen LogP contribution in [-0.2, 0) is 93.5 Å². The lowest BCUT2D eigenvalue weighted by molar-refractivity contribution is -0.115. The summed E-state index contributed by atoms with van der Waals surface area (Å²) >= 11 is 1.69. The molecule has 1 saturated carbocycles. The Hall–Kier alpha value is -14.3. The fraction of sp³-hybridized carbons (Fsp3) is 0.441. The lowest BCUT2D eigenvalue weighted by Gasteiger charge is -2.42. The molecule has 3 N–H and O–H groups in total. The molecule has 764 valence electrons. The van der Waals surface area contributed by atoms with Crippen molar-refractivity contribution in [3.05, 3.63) is 238 Å². The predicted molar refractivity (Wildman–Crippen MR) is 566 cm³/mol. The standard InChI is InChI=1S/C22H24N2O3.C21H26N2O3.C20H24N2O3.C20H24N2O2.C18H15N3OS.C17H15N5O/c1-2-16-20(27)12-15-14-23-18(19(26)4-3-11-25)13-17(15)21(16)24-9-7-22(5-6-22)8-10-24;1-6-15-17(24)11-14-13-22-18(20(2,3)25)12-16(14)19(15)23-9-7-21(4,26-5)8-10-23;1-5-15-18(24)10-14-12-21-17(13(2)23)11-16(14)19(15)22-8-6-20(3,25-4)7-9-22;1-5-15-12-17-14(13-21-15)11-18(23)16(6-2)19(17)22-9-7-20(3,24-4)8-10-22;1-2-14-16(22)9-13-10-19-5-3-15(13)17(14)21-7-4-12(11-21)18-20-6-8-23-18;1-2-14-16(23)7-12-8-18-5-3-15(12)17(14)21-6-4-13(9-21)22-11-19-10-20-22/h1,13-14,25H,3-12H2;1,12-13,25H,7-11H2,2-5H3;1,11-13,23H,6-10H2,2-4H3;2,12-13H,5,7-11H2,1,3-4H3;1,3,5-6,8,10,12H,4,7,9,11H2;1,3,5,8,10-11,13H,4,6-7,9H2/t;;;;12-;13-/m....00/s1. The van der Waals surface area contributed by atoms with Crippen LogP contribution < -0.4 is 0 Å². The van der Waals surface area contributed by atoms with Crippen LogP contribution in [0.4, 0.5) is 0 Å².